The molecule has 2 heterocycles. The highest BCUT2D eigenvalue weighted by molar-refractivity contribution is 6.07. The van der Waals surface area contributed by atoms with Crippen LogP contribution in [0.25, 0.3) is 21.8 Å². The minimum atomic E-state index is -0.975. The van der Waals surface area contributed by atoms with Gasteiger partial charge in [0, 0.05) is 34.8 Å². The Kier molecular flexibility index (Phi) is 4.00. The first-order valence-corrected chi connectivity index (χ1v) is 9.01. The van der Waals surface area contributed by atoms with Gasteiger partial charge in [0.15, 0.2) is 0 Å². The van der Waals surface area contributed by atoms with Crippen molar-refractivity contribution in [1.82, 2.24) is 9.47 Å². The second-order valence-corrected chi connectivity index (χ2v) is 7.39. The van der Waals surface area contributed by atoms with Crippen molar-refractivity contribution in [3.63, 3.8) is 0 Å². The summed E-state index contributed by atoms with van der Waals surface area (Å²) in [6.07, 6.45) is 2.59. The normalized spacial score (nSPS) is 18.0. The Balaban J connectivity index is 1.70. The van der Waals surface area contributed by atoms with Crippen LogP contribution in [0.3, 0.4) is 0 Å². The lowest BCUT2D eigenvalue weighted by molar-refractivity contribution is -0.137. The van der Waals surface area contributed by atoms with E-state index < -0.39 is 5.60 Å². The fourth-order valence-electron chi connectivity index (χ4n) is 4.00. The van der Waals surface area contributed by atoms with Crippen molar-refractivity contribution in [2.24, 2.45) is 0 Å². The van der Waals surface area contributed by atoms with Crippen LogP contribution in [0.2, 0.25) is 0 Å². The third kappa shape index (κ3) is 3.02. The summed E-state index contributed by atoms with van der Waals surface area (Å²) in [7, 11) is 0. The third-order valence-corrected chi connectivity index (χ3v) is 5.13. The molecule has 0 saturated carbocycles. The van der Waals surface area contributed by atoms with E-state index in [2.05, 4.69) is 28.8 Å². The highest BCUT2D eigenvalue weighted by atomic mass is 16.3. The number of hydrogen-bond acceptors (Lipinski definition) is 2. The van der Waals surface area contributed by atoms with Gasteiger partial charge in [0.2, 0.25) is 5.91 Å². The smallest absolute Gasteiger partial charge is 0.222 e. The first kappa shape index (κ1) is 16.2. The topological polar surface area (TPSA) is 45.5 Å². The molecule has 0 radical (unpaired) electrons. The number of para-hydroxylation sites is 2. The van der Waals surface area contributed by atoms with Gasteiger partial charge in [-0.1, -0.05) is 36.4 Å². The van der Waals surface area contributed by atoms with Crippen LogP contribution in [0.4, 0.5) is 0 Å². The van der Waals surface area contributed by atoms with Crippen LogP contribution in [0.5, 0.6) is 0 Å². The Morgan fingerprint density at radius 1 is 0.960 bits per heavy atom. The summed E-state index contributed by atoms with van der Waals surface area (Å²) in [5.41, 5.74) is 1.26. The Labute approximate surface area is 147 Å². The average molecular weight is 336 g/mol. The van der Waals surface area contributed by atoms with E-state index in [4.69, 9.17) is 0 Å². The van der Waals surface area contributed by atoms with Crippen LogP contribution in [0, 0.1) is 0 Å². The number of amides is 1. The molecular weight excluding hydrogens is 312 g/mol. The number of benzene rings is 2. The predicted octanol–water partition coefficient (Wildman–Crippen LogP) is 3.56. The number of β-amino-alcohol motifs (C(OH)–C–C–N with tert-alkyl or cyclic N) is 1. The van der Waals surface area contributed by atoms with E-state index in [1.54, 1.807) is 0 Å². The number of likely N-dealkylation sites (tertiary alicyclic amines) is 1. The fraction of sp³-hybridized carbons (Fsp3) is 0.381. The summed E-state index contributed by atoms with van der Waals surface area (Å²) < 4.78 is 2.18. The minimum Gasteiger partial charge on any atom is -0.386 e. The molecule has 1 N–H and O–H groups in total. The predicted molar refractivity (Wildman–Crippen MR) is 100 cm³/mol. The Bertz CT molecular complexity index is 873. The van der Waals surface area contributed by atoms with Crippen molar-refractivity contribution in [2.45, 2.75) is 38.3 Å². The Morgan fingerprint density at radius 2 is 1.56 bits per heavy atom. The third-order valence-electron chi connectivity index (χ3n) is 5.13. The molecule has 1 unspecified atom stereocenters. The van der Waals surface area contributed by atoms with Gasteiger partial charge >= 0.3 is 0 Å². The van der Waals surface area contributed by atoms with Gasteiger partial charge in [-0.25, -0.2) is 0 Å². The van der Waals surface area contributed by atoms with Crippen molar-refractivity contribution >= 4 is 27.7 Å². The van der Waals surface area contributed by atoms with E-state index in [0.717, 1.165) is 30.4 Å². The van der Waals surface area contributed by atoms with Crippen LogP contribution in [-0.2, 0) is 11.3 Å². The zero-order valence-corrected chi connectivity index (χ0v) is 14.6. The summed E-state index contributed by atoms with van der Waals surface area (Å²) in [6.45, 7) is 3.43. The summed E-state index contributed by atoms with van der Waals surface area (Å²) in [6, 6.07) is 16.6. The number of aliphatic hydroxyl groups is 1. The lowest BCUT2D eigenvalue weighted by Gasteiger charge is -2.34. The lowest BCUT2D eigenvalue weighted by Crippen LogP contribution is -2.47. The first-order chi connectivity index (χ1) is 12.1. The standard InChI is InChI=1S/C21H24N2O2/c1-21(25,14-22-13-7-6-12-20(22)24)15-23-18-10-4-2-8-16(18)17-9-3-5-11-19(17)23/h2-5,8-11,25H,6-7,12-15H2,1H3. The van der Waals surface area contributed by atoms with Gasteiger partial charge in [-0.15, -0.1) is 0 Å². The molecule has 4 heteroatoms. The van der Waals surface area contributed by atoms with E-state index in [0.29, 0.717) is 19.5 Å². The number of aromatic nitrogens is 1. The molecule has 3 aromatic rings. The van der Waals surface area contributed by atoms with Crippen molar-refractivity contribution in [2.75, 3.05) is 13.1 Å². The zero-order chi connectivity index (χ0) is 17.4. The summed E-state index contributed by atoms with van der Waals surface area (Å²) in [5.74, 6) is 0.161. The molecule has 1 aromatic heterocycles. The summed E-state index contributed by atoms with van der Waals surface area (Å²) in [4.78, 5) is 13.9. The van der Waals surface area contributed by atoms with E-state index in [1.165, 1.54) is 10.8 Å². The van der Waals surface area contributed by atoms with Gasteiger partial charge in [0.05, 0.1) is 18.7 Å². The molecular formula is C21H24N2O2. The van der Waals surface area contributed by atoms with E-state index >= 15 is 0 Å². The Morgan fingerprint density at radius 3 is 2.16 bits per heavy atom. The number of carbonyl (C=O) groups excluding carboxylic acids is 1. The largest absolute Gasteiger partial charge is 0.386 e. The maximum Gasteiger partial charge on any atom is 0.222 e. The minimum absolute atomic E-state index is 0.161. The molecule has 1 aliphatic heterocycles. The highest BCUT2D eigenvalue weighted by Crippen LogP contribution is 2.30. The SMILES string of the molecule is CC(O)(CN1CCCCC1=O)Cn1c2ccccc2c2ccccc21. The maximum absolute atomic E-state index is 12.1. The van der Waals surface area contributed by atoms with Crippen molar-refractivity contribution in [3.8, 4) is 0 Å². The maximum atomic E-state index is 12.1. The van der Waals surface area contributed by atoms with Crippen LogP contribution in [0.15, 0.2) is 48.5 Å². The molecule has 130 valence electrons. The molecule has 1 fully saturated rings. The fourth-order valence-corrected chi connectivity index (χ4v) is 4.00. The van der Waals surface area contributed by atoms with E-state index in [-0.39, 0.29) is 5.91 Å². The molecule has 4 nitrogen and oxygen atoms in total. The van der Waals surface area contributed by atoms with Crippen molar-refractivity contribution < 1.29 is 9.90 Å². The quantitative estimate of drug-likeness (QED) is 0.792. The number of fused-ring (bicyclic) bond motifs is 3. The van der Waals surface area contributed by atoms with E-state index in [1.807, 2.05) is 36.1 Å². The number of piperidine rings is 1. The monoisotopic (exact) mass is 336 g/mol. The van der Waals surface area contributed by atoms with Gasteiger partial charge in [0.25, 0.3) is 0 Å². The number of rotatable bonds is 4. The molecule has 0 bridgehead atoms. The van der Waals surface area contributed by atoms with Gasteiger partial charge in [-0.3, -0.25) is 4.79 Å². The van der Waals surface area contributed by atoms with Gasteiger partial charge in [0.1, 0.15) is 0 Å². The van der Waals surface area contributed by atoms with Crippen LogP contribution in [0.1, 0.15) is 26.2 Å². The number of hydrogen-bond donors (Lipinski definition) is 1. The van der Waals surface area contributed by atoms with Gasteiger partial charge in [-0.05, 0) is 31.9 Å². The van der Waals surface area contributed by atoms with Gasteiger partial charge < -0.3 is 14.6 Å². The molecule has 1 atom stereocenters. The zero-order valence-electron chi connectivity index (χ0n) is 14.6. The molecule has 0 aliphatic carbocycles. The second-order valence-electron chi connectivity index (χ2n) is 7.39. The molecule has 1 aliphatic rings. The highest BCUT2D eigenvalue weighted by Gasteiger charge is 2.29. The molecule has 25 heavy (non-hydrogen) atoms. The lowest BCUT2D eigenvalue weighted by atomic mass is 10.0. The van der Waals surface area contributed by atoms with Crippen LogP contribution in [-0.4, -0.2) is 39.2 Å². The number of carbonyl (C=O) groups is 1. The summed E-state index contributed by atoms with van der Waals surface area (Å²) >= 11 is 0. The van der Waals surface area contributed by atoms with Gasteiger partial charge in [-0.2, -0.15) is 0 Å². The molecule has 1 saturated heterocycles. The number of nitrogens with zero attached hydrogens (tertiary/aromatic N) is 2. The van der Waals surface area contributed by atoms with Crippen LogP contribution < -0.4 is 0 Å². The van der Waals surface area contributed by atoms with E-state index in [9.17, 15) is 9.90 Å². The second kappa shape index (κ2) is 6.19. The van der Waals surface area contributed by atoms with Crippen molar-refractivity contribution in [1.29, 1.82) is 0 Å². The molecule has 2 aromatic carbocycles. The average Bonchev–Trinajstić information content (AvgIpc) is 2.91. The molecule has 4 rings (SSSR count). The molecule has 1 amide bonds. The van der Waals surface area contributed by atoms with Crippen molar-refractivity contribution in [3.05, 3.63) is 48.5 Å². The Hall–Kier alpha value is -2.33. The molecule has 0 spiro atoms. The van der Waals surface area contributed by atoms with Crippen LogP contribution >= 0.6 is 0 Å². The summed E-state index contributed by atoms with van der Waals surface area (Å²) in [5, 5.41) is 13.5. The first-order valence-electron chi connectivity index (χ1n) is 9.01.